The molecular weight excluding hydrogens is 750 g/mol. The number of amides is 4. The first-order valence-electron chi connectivity index (χ1n) is 17.9. The average Bonchev–Trinajstić information content (AvgIpc) is 3.66. The molecule has 0 bridgehead atoms. The summed E-state index contributed by atoms with van der Waals surface area (Å²) in [5.74, 6) is -8.82. The second-order valence-corrected chi connectivity index (χ2v) is 12.8. The summed E-state index contributed by atoms with van der Waals surface area (Å²) in [4.78, 5) is 108. The highest BCUT2D eigenvalue weighted by Gasteiger charge is 2.34. The molecule has 0 saturated carbocycles. The summed E-state index contributed by atoms with van der Waals surface area (Å²) >= 11 is 0. The number of carbonyl (C=O) groups is 8. The molecule has 0 saturated heterocycles. The van der Waals surface area contributed by atoms with Crippen LogP contribution in [0.4, 0.5) is 0 Å². The van der Waals surface area contributed by atoms with E-state index in [2.05, 4.69) is 20.9 Å². The zero-order valence-corrected chi connectivity index (χ0v) is 31.7. The highest BCUT2D eigenvalue weighted by atomic mass is 16.7. The van der Waals surface area contributed by atoms with Crippen molar-refractivity contribution in [3.05, 3.63) is 70.7 Å². The Morgan fingerprint density at radius 1 is 0.930 bits per heavy atom. The Morgan fingerprint density at radius 3 is 2.28 bits per heavy atom. The van der Waals surface area contributed by atoms with Gasteiger partial charge in [-0.3, -0.25) is 29.0 Å². The molecule has 306 valence electrons. The van der Waals surface area contributed by atoms with E-state index in [0.29, 0.717) is 30.5 Å². The number of benzene rings is 1. The van der Waals surface area contributed by atoms with Crippen molar-refractivity contribution in [3.8, 4) is 17.1 Å². The number of carboxylic acid groups (broad SMARTS) is 3. The fourth-order valence-electron chi connectivity index (χ4n) is 5.84. The zero-order chi connectivity index (χ0) is 42.2. The van der Waals surface area contributed by atoms with Crippen LogP contribution in [-0.2, 0) is 28.8 Å². The molecule has 19 heteroatoms. The van der Waals surface area contributed by atoms with E-state index in [0.717, 1.165) is 17.9 Å². The van der Waals surface area contributed by atoms with E-state index < -0.39 is 72.6 Å². The lowest BCUT2D eigenvalue weighted by Gasteiger charge is -2.32. The highest BCUT2D eigenvalue weighted by molar-refractivity contribution is 6.00. The summed E-state index contributed by atoms with van der Waals surface area (Å²) in [7, 11) is 0. The Kier molecular flexibility index (Phi) is 16.7. The third-order valence-corrected chi connectivity index (χ3v) is 8.70. The lowest BCUT2D eigenvalue weighted by molar-refractivity contribution is -0.171. The summed E-state index contributed by atoms with van der Waals surface area (Å²) in [5.41, 5.74) is 1.13. The first-order chi connectivity index (χ1) is 27.1. The molecule has 0 fully saturated rings. The van der Waals surface area contributed by atoms with Crippen molar-refractivity contribution >= 4 is 48.0 Å². The van der Waals surface area contributed by atoms with Gasteiger partial charge in [-0.25, -0.2) is 14.4 Å². The predicted molar refractivity (Wildman–Crippen MR) is 198 cm³/mol. The van der Waals surface area contributed by atoms with Gasteiger partial charge >= 0.3 is 23.9 Å². The van der Waals surface area contributed by atoms with Gasteiger partial charge in [0.25, 0.3) is 11.8 Å². The summed E-state index contributed by atoms with van der Waals surface area (Å²) < 4.78 is 10.9. The molecule has 0 aliphatic rings. The fraction of sp³-hybridized carbons (Fsp3) is 0.395. The Labute approximate surface area is 326 Å². The van der Waals surface area contributed by atoms with Crippen molar-refractivity contribution in [1.82, 2.24) is 26.0 Å². The third-order valence-electron chi connectivity index (χ3n) is 8.70. The van der Waals surface area contributed by atoms with E-state index in [1.54, 1.807) is 33.0 Å². The maximum atomic E-state index is 13.6. The number of hydrogen-bond donors (Lipinski definition) is 6. The number of nitrogens with zero attached hydrogens (tertiary/aromatic N) is 2. The fourth-order valence-corrected chi connectivity index (χ4v) is 5.84. The van der Waals surface area contributed by atoms with Gasteiger partial charge in [0, 0.05) is 11.8 Å². The number of carbonyl (C=O) groups excluding carboxylic acids is 5. The van der Waals surface area contributed by atoms with Gasteiger partial charge in [0.1, 0.15) is 17.6 Å². The van der Waals surface area contributed by atoms with Gasteiger partial charge in [-0.2, -0.15) is 5.06 Å². The van der Waals surface area contributed by atoms with Crippen molar-refractivity contribution in [2.75, 3.05) is 13.3 Å². The third kappa shape index (κ3) is 12.6. The number of aromatic nitrogens is 1. The van der Waals surface area contributed by atoms with E-state index in [4.69, 9.17) is 24.2 Å². The zero-order valence-electron chi connectivity index (χ0n) is 31.7. The first kappa shape index (κ1) is 44.6. The van der Waals surface area contributed by atoms with Crippen LogP contribution in [0.1, 0.15) is 94.9 Å². The molecule has 57 heavy (non-hydrogen) atoms. The number of aryl methyl sites for hydroxylation is 2. The molecule has 1 aromatic carbocycles. The van der Waals surface area contributed by atoms with Crippen LogP contribution in [0.5, 0.6) is 5.75 Å². The van der Waals surface area contributed by atoms with E-state index in [1.807, 2.05) is 6.92 Å². The van der Waals surface area contributed by atoms with Crippen LogP contribution in [0, 0.1) is 19.8 Å². The predicted octanol–water partition coefficient (Wildman–Crippen LogP) is 3.09. The Bertz CT molecular complexity index is 1940. The van der Waals surface area contributed by atoms with Crippen molar-refractivity contribution in [3.63, 3.8) is 0 Å². The monoisotopic (exact) mass is 795 g/mol. The number of hydrogen-bond acceptors (Lipinski definition) is 12. The second-order valence-electron chi connectivity index (χ2n) is 12.8. The summed E-state index contributed by atoms with van der Waals surface area (Å²) in [6, 6.07) is 5.46. The number of pyridine rings is 1. The van der Waals surface area contributed by atoms with Crippen LogP contribution in [0.15, 0.2) is 47.0 Å². The number of furan rings is 1. The van der Waals surface area contributed by atoms with Crippen molar-refractivity contribution in [1.29, 1.82) is 0 Å². The minimum absolute atomic E-state index is 0.0764. The number of nitrogens with one attached hydrogen (secondary N) is 3. The molecule has 3 rings (SSSR count). The van der Waals surface area contributed by atoms with Crippen LogP contribution < -0.4 is 20.7 Å². The van der Waals surface area contributed by atoms with Gasteiger partial charge in [0.15, 0.2) is 12.4 Å². The SMILES string of the molecule is CCCCCC(C(=O)NCNC(=O)c1ccc(-c2ccc(C(=O)NC(CC(=O)O)C(=O)O)c(OCC(=O)O)c2)o1)[C@@H](CC)N(C=O)OC(=O)c1c(C)ccnc1C. The minimum Gasteiger partial charge on any atom is -0.481 e. The number of ether oxygens (including phenoxy) is 1. The van der Waals surface area contributed by atoms with Gasteiger partial charge in [-0.1, -0.05) is 39.2 Å². The second kappa shape index (κ2) is 21.3. The van der Waals surface area contributed by atoms with Gasteiger partial charge in [-0.05, 0) is 62.6 Å². The van der Waals surface area contributed by atoms with E-state index >= 15 is 0 Å². The quantitative estimate of drug-likeness (QED) is 0.0348. The summed E-state index contributed by atoms with van der Waals surface area (Å²) in [6.07, 6.45) is 3.87. The molecule has 0 aliphatic carbocycles. The maximum Gasteiger partial charge on any atom is 0.365 e. The lowest BCUT2D eigenvalue weighted by Crippen LogP contribution is -2.49. The van der Waals surface area contributed by atoms with Crippen LogP contribution >= 0.6 is 0 Å². The topological polar surface area (TPSA) is 281 Å². The number of carboxylic acids is 3. The van der Waals surface area contributed by atoms with Crippen molar-refractivity contribution in [2.24, 2.45) is 5.92 Å². The van der Waals surface area contributed by atoms with Gasteiger partial charge in [0.2, 0.25) is 12.3 Å². The van der Waals surface area contributed by atoms with Crippen molar-refractivity contribution in [2.45, 2.75) is 78.3 Å². The van der Waals surface area contributed by atoms with Crippen LogP contribution in [0.2, 0.25) is 0 Å². The number of aliphatic carboxylic acids is 3. The molecule has 6 N–H and O–H groups in total. The van der Waals surface area contributed by atoms with Gasteiger partial charge in [0.05, 0.1) is 41.9 Å². The van der Waals surface area contributed by atoms with Crippen LogP contribution in [0.3, 0.4) is 0 Å². The molecule has 3 atom stereocenters. The van der Waals surface area contributed by atoms with E-state index in [-0.39, 0.29) is 47.0 Å². The molecule has 2 aromatic heterocycles. The molecule has 3 aromatic rings. The van der Waals surface area contributed by atoms with Crippen molar-refractivity contribution < 1.29 is 67.7 Å². The molecule has 0 radical (unpaired) electrons. The Morgan fingerprint density at radius 2 is 1.67 bits per heavy atom. The Hall–Kier alpha value is -6.79. The maximum absolute atomic E-state index is 13.6. The molecule has 19 nitrogen and oxygen atoms in total. The normalized spacial score (nSPS) is 12.3. The first-order valence-corrected chi connectivity index (χ1v) is 17.9. The summed E-state index contributed by atoms with van der Waals surface area (Å²) in [5, 5.41) is 35.5. The average molecular weight is 796 g/mol. The van der Waals surface area contributed by atoms with Crippen LogP contribution in [-0.4, -0.2) is 98.7 Å². The van der Waals surface area contributed by atoms with Crippen LogP contribution in [0.25, 0.3) is 11.3 Å². The Balaban J connectivity index is 1.74. The molecule has 2 unspecified atom stereocenters. The van der Waals surface area contributed by atoms with Gasteiger partial charge < -0.3 is 45.3 Å². The van der Waals surface area contributed by atoms with E-state index in [1.165, 1.54) is 30.3 Å². The van der Waals surface area contributed by atoms with Gasteiger partial charge in [-0.15, -0.1) is 0 Å². The summed E-state index contributed by atoms with van der Waals surface area (Å²) in [6.45, 7) is 5.84. The molecule has 4 amide bonds. The minimum atomic E-state index is -1.79. The standard InChI is InChI=1S/C38H45N5O14/c1-5-7-8-9-24(27(6-2)43(20-44)57-38(54)33-21(3)14-15-39-22(33)4)34(49)40-19-41-36(51)29-13-12-28(56-29)23-10-11-25(30(16-23)55-18-32(47)48)35(50)42-26(37(52)53)17-31(45)46/h10-16,20,24,26-27H,5-9,17-19H2,1-4H3,(H,40,49)(H,41,51)(H,42,50)(H,45,46)(H,47,48)(H,52,53)/t24?,26?,27-/m1/s1. The van der Waals surface area contributed by atoms with E-state index in [9.17, 15) is 43.5 Å². The molecule has 0 spiro atoms. The number of hydroxylamine groups is 2. The molecule has 2 heterocycles. The lowest BCUT2D eigenvalue weighted by atomic mass is 9.90. The molecule has 0 aliphatic heterocycles. The highest BCUT2D eigenvalue weighted by Crippen LogP contribution is 2.30. The largest absolute Gasteiger partial charge is 0.481 e. The molecular formula is C38H45N5O14. The number of unbranched alkanes of at least 4 members (excludes halogenated alkanes) is 2. The number of rotatable bonds is 23. The smallest absolute Gasteiger partial charge is 0.365 e.